The Bertz CT molecular complexity index is 2070. The molecular weight excluding hydrogens is 957 g/mol. The molecule has 0 fully saturated rings. The predicted molar refractivity (Wildman–Crippen MR) is 293 cm³/mol. The molecule has 2 aliphatic heterocycles. The molecule has 0 unspecified atom stereocenters. The number of amides is 4. The first-order valence-corrected chi connectivity index (χ1v) is 31.3. The molecule has 15 nitrogen and oxygen atoms in total. The summed E-state index contributed by atoms with van der Waals surface area (Å²) in [5.74, 6) is -1.71. The summed E-state index contributed by atoms with van der Waals surface area (Å²) in [4.78, 5) is 77.5. The summed E-state index contributed by atoms with van der Waals surface area (Å²) >= 11 is 0. The standard InChI is InChI=1S/C32H52N2O6Si.C26H38N2O5/c1-5-6-7-10-16-26(17-11-8-9-12-21-30(33)35)40-32(37)28-19-15-22-34(28)31(36)27-18-13-14-20-29(27)39-25-38-23-24-41(2,3)4;1-2-3-4-7-13-20(14-8-5-6-9-18-24(27)30)33-26(32)22-16-12-19-28(22)25(31)21-15-10-11-17-23(21)29/h13-15,18,20,22,26,28H,5-12,16-17,19,21,23-25H2,1-4H3,(H2,33,35);10-12,15,17,19-20,22,29H,2-9,13-14,16,18H2,1H3,(H2,27,30)/t26-,28+;20-,22+/m11/s1. The molecule has 4 atom stereocenters. The Balaban J connectivity index is 0.000000399. The summed E-state index contributed by atoms with van der Waals surface area (Å²) in [5.41, 5.74) is 11.0. The number of esters is 2. The van der Waals surface area contributed by atoms with Gasteiger partial charge in [-0.2, -0.15) is 0 Å². The van der Waals surface area contributed by atoms with Gasteiger partial charge in [0.2, 0.25) is 11.8 Å². The first-order valence-electron chi connectivity index (χ1n) is 27.6. The van der Waals surface area contributed by atoms with E-state index in [1.807, 2.05) is 12.1 Å². The molecule has 0 saturated carbocycles. The van der Waals surface area contributed by atoms with Crippen LogP contribution in [0, 0.1) is 0 Å². The van der Waals surface area contributed by atoms with Crippen molar-refractivity contribution in [2.24, 2.45) is 11.5 Å². The van der Waals surface area contributed by atoms with Gasteiger partial charge in [0.15, 0.2) is 6.79 Å². The second-order valence-electron chi connectivity index (χ2n) is 20.8. The minimum atomic E-state index is -1.20. The van der Waals surface area contributed by atoms with Crippen molar-refractivity contribution in [2.75, 3.05) is 13.4 Å². The topological polar surface area (TPSA) is 218 Å². The van der Waals surface area contributed by atoms with E-state index in [0.29, 0.717) is 43.6 Å². The molecule has 16 heteroatoms. The number of hydrogen-bond acceptors (Lipinski definition) is 11. The van der Waals surface area contributed by atoms with Crippen molar-refractivity contribution >= 4 is 43.6 Å². The van der Waals surface area contributed by atoms with Gasteiger partial charge in [-0.3, -0.25) is 19.2 Å². The van der Waals surface area contributed by atoms with E-state index in [0.717, 1.165) is 134 Å². The zero-order valence-electron chi connectivity index (χ0n) is 45.4. The van der Waals surface area contributed by atoms with E-state index in [9.17, 15) is 33.9 Å². The lowest BCUT2D eigenvalue weighted by Gasteiger charge is -2.26. The minimum absolute atomic E-state index is 0.0678. The fraction of sp³-hybridized carbons (Fsp3) is 0.621. The normalized spacial score (nSPS) is 15.8. The van der Waals surface area contributed by atoms with Gasteiger partial charge in [-0.15, -0.1) is 0 Å². The highest BCUT2D eigenvalue weighted by Gasteiger charge is 2.36. The number of primary amides is 2. The van der Waals surface area contributed by atoms with E-state index in [1.54, 1.807) is 54.9 Å². The number of rotatable bonds is 36. The molecule has 2 aliphatic rings. The van der Waals surface area contributed by atoms with Crippen molar-refractivity contribution < 1.29 is 52.8 Å². The Labute approximate surface area is 443 Å². The average Bonchev–Trinajstić information content (AvgIpc) is 4.07. The van der Waals surface area contributed by atoms with Crippen molar-refractivity contribution in [1.82, 2.24) is 9.80 Å². The van der Waals surface area contributed by atoms with Gasteiger partial charge in [-0.05, 0) is 107 Å². The van der Waals surface area contributed by atoms with E-state index in [2.05, 4.69) is 33.5 Å². The Kier molecular flexibility index (Phi) is 30.3. The number of carbonyl (C=O) groups excluding carboxylic acids is 6. The molecule has 0 aliphatic carbocycles. The first kappa shape index (κ1) is 62.8. The second-order valence-corrected chi connectivity index (χ2v) is 26.5. The lowest BCUT2D eigenvalue weighted by molar-refractivity contribution is -0.155. The molecule has 412 valence electrons. The minimum Gasteiger partial charge on any atom is -0.507 e. The third kappa shape index (κ3) is 24.7. The van der Waals surface area contributed by atoms with Gasteiger partial charge in [0.1, 0.15) is 35.8 Å². The third-order valence-electron chi connectivity index (χ3n) is 13.2. The summed E-state index contributed by atoms with van der Waals surface area (Å²) < 4.78 is 23.4. The Morgan fingerprint density at radius 1 is 0.595 bits per heavy atom. The zero-order valence-corrected chi connectivity index (χ0v) is 46.4. The van der Waals surface area contributed by atoms with Crippen LogP contribution in [-0.4, -0.2) is 96.2 Å². The lowest BCUT2D eigenvalue weighted by atomic mass is 10.0. The van der Waals surface area contributed by atoms with Gasteiger partial charge in [-0.1, -0.05) is 134 Å². The fourth-order valence-electron chi connectivity index (χ4n) is 8.78. The van der Waals surface area contributed by atoms with Gasteiger partial charge >= 0.3 is 11.9 Å². The maximum Gasteiger partial charge on any atom is 0.329 e. The number of hydrogen-bond donors (Lipinski definition) is 3. The van der Waals surface area contributed by atoms with Gasteiger partial charge in [-0.25, -0.2) is 9.59 Å². The van der Waals surface area contributed by atoms with Gasteiger partial charge in [0.25, 0.3) is 11.8 Å². The number of aromatic hydroxyl groups is 1. The summed E-state index contributed by atoms with van der Waals surface area (Å²) in [6.45, 7) is 11.9. The molecule has 2 aromatic carbocycles. The van der Waals surface area contributed by atoms with Crippen LogP contribution in [0.1, 0.15) is 189 Å². The molecule has 5 N–H and O–H groups in total. The van der Waals surface area contributed by atoms with Gasteiger partial charge in [0, 0.05) is 39.9 Å². The van der Waals surface area contributed by atoms with Crippen LogP contribution < -0.4 is 16.2 Å². The van der Waals surface area contributed by atoms with E-state index >= 15 is 0 Å². The Hall–Kier alpha value is -5.48. The van der Waals surface area contributed by atoms with Crippen LogP contribution in [0.15, 0.2) is 73.1 Å². The van der Waals surface area contributed by atoms with E-state index in [-0.39, 0.29) is 54.0 Å². The molecule has 2 heterocycles. The van der Waals surface area contributed by atoms with Crippen molar-refractivity contribution in [2.45, 2.75) is 218 Å². The van der Waals surface area contributed by atoms with Gasteiger partial charge < -0.3 is 45.3 Å². The number of carbonyl (C=O) groups is 6. The number of unbranched alkanes of at least 4 members (excludes halogenated alkanes) is 12. The van der Waals surface area contributed by atoms with Crippen LogP contribution in [0.4, 0.5) is 0 Å². The smallest absolute Gasteiger partial charge is 0.329 e. The summed E-state index contributed by atoms with van der Waals surface area (Å²) in [5, 5.41) is 10.0. The molecule has 0 radical (unpaired) electrons. The Morgan fingerprint density at radius 2 is 1.01 bits per heavy atom. The maximum atomic E-state index is 13.6. The van der Waals surface area contributed by atoms with Gasteiger partial charge in [0.05, 0.1) is 11.1 Å². The fourth-order valence-corrected chi connectivity index (χ4v) is 9.54. The van der Waals surface area contributed by atoms with E-state index < -0.39 is 32.0 Å². The molecule has 4 rings (SSSR count). The highest BCUT2D eigenvalue weighted by atomic mass is 28.3. The highest BCUT2D eigenvalue weighted by Crippen LogP contribution is 2.28. The SMILES string of the molecule is CCCCCC[C@H](CCCCCCC(N)=O)OC(=O)[C@@H]1CC=CN1C(=O)c1ccccc1O.CCCCCC[C@H](CCCCCCC(N)=O)OC(=O)[C@@H]1CC=CN1C(=O)c1ccccc1OCOCC[Si](C)(C)C. The molecule has 74 heavy (non-hydrogen) atoms. The average molecular weight is 1050 g/mol. The largest absolute Gasteiger partial charge is 0.507 e. The van der Waals surface area contributed by atoms with Crippen LogP contribution >= 0.6 is 0 Å². The predicted octanol–water partition coefficient (Wildman–Crippen LogP) is 11.6. The number of phenols is 1. The lowest BCUT2D eigenvalue weighted by Crippen LogP contribution is -2.41. The van der Waals surface area contributed by atoms with E-state index in [4.69, 9.17) is 30.4 Å². The number of nitrogens with two attached hydrogens (primary N) is 2. The molecule has 0 aromatic heterocycles. The maximum absolute atomic E-state index is 13.6. The molecular formula is C58H90N4O11Si. The number of nitrogens with zero attached hydrogens (tertiary/aromatic N) is 2. The zero-order chi connectivity index (χ0) is 54.1. The molecule has 2 aromatic rings. The molecule has 0 saturated heterocycles. The van der Waals surface area contributed by atoms with Crippen LogP contribution in [-0.2, 0) is 33.4 Å². The first-order chi connectivity index (χ1) is 35.6. The summed E-state index contributed by atoms with van der Waals surface area (Å²) in [7, 11) is -1.20. The number of benzene rings is 2. The number of para-hydroxylation sites is 2. The molecule has 4 amide bonds. The third-order valence-corrected chi connectivity index (χ3v) is 14.9. The van der Waals surface area contributed by atoms with Crippen molar-refractivity contribution in [3.05, 3.63) is 84.2 Å². The Morgan fingerprint density at radius 3 is 1.46 bits per heavy atom. The van der Waals surface area contributed by atoms with Crippen LogP contribution in [0.2, 0.25) is 25.7 Å². The van der Waals surface area contributed by atoms with Crippen molar-refractivity contribution in [3.63, 3.8) is 0 Å². The monoisotopic (exact) mass is 1050 g/mol. The highest BCUT2D eigenvalue weighted by molar-refractivity contribution is 6.76. The molecule has 0 bridgehead atoms. The number of ether oxygens (including phenoxy) is 4. The van der Waals surface area contributed by atoms with Crippen LogP contribution in [0.25, 0.3) is 0 Å². The quantitative estimate of drug-likeness (QED) is 0.0252. The van der Waals surface area contributed by atoms with Crippen molar-refractivity contribution in [1.29, 1.82) is 0 Å². The second kappa shape index (κ2) is 35.7. The van der Waals surface area contributed by atoms with Crippen LogP contribution in [0.5, 0.6) is 11.5 Å². The van der Waals surface area contributed by atoms with E-state index in [1.165, 1.54) is 15.9 Å². The summed E-state index contributed by atoms with van der Waals surface area (Å²) in [6.07, 6.45) is 27.3. The number of phenolic OH excluding ortho intramolecular Hbond substituents is 1. The summed E-state index contributed by atoms with van der Waals surface area (Å²) in [6, 6.07) is 13.0. The van der Waals surface area contributed by atoms with Crippen molar-refractivity contribution in [3.8, 4) is 11.5 Å². The van der Waals surface area contributed by atoms with Crippen LogP contribution in [0.3, 0.4) is 0 Å². The molecule has 0 spiro atoms.